The Bertz CT molecular complexity index is 4160. The Morgan fingerprint density at radius 1 is 0.859 bits per heavy atom. The molecule has 85 heavy (non-hydrogen) atoms. The minimum atomic E-state index is -0.633. The van der Waals surface area contributed by atoms with E-state index in [1.165, 1.54) is 11.1 Å². The zero-order valence-corrected chi connectivity index (χ0v) is 50.7. The van der Waals surface area contributed by atoms with Crippen molar-refractivity contribution in [2.24, 2.45) is 16.6 Å². The zero-order chi connectivity index (χ0) is 59.6. The van der Waals surface area contributed by atoms with Crippen LogP contribution in [0.25, 0.3) is 66.8 Å². The maximum Gasteiger partial charge on any atom is 0.324 e. The van der Waals surface area contributed by atoms with E-state index in [1.54, 1.807) is 0 Å². The number of aliphatic imine (C=N–C) groups is 1. The van der Waals surface area contributed by atoms with E-state index in [0.717, 1.165) is 131 Å². The molecule has 0 amide bonds. The van der Waals surface area contributed by atoms with Crippen molar-refractivity contribution in [3.63, 3.8) is 0 Å². The molecule has 12 rings (SSSR count). The van der Waals surface area contributed by atoms with Gasteiger partial charge in [-0.25, -0.2) is 4.99 Å². The fraction of sp³-hybridized carbons (Fsp3) is 0.221. The third-order valence-electron chi connectivity index (χ3n) is 16.1. The summed E-state index contributed by atoms with van der Waals surface area (Å²) in [5, 5.41) is 6.67. The van der Waals surface area contributed by atoms with Crippen LogP contribution in [0.15, 0.2) is 250 Å². The average Bonchev–Trinajstić information content (AvgIpc) is 1.71. The molecule has 6 aliphatic rings. The molecule has 3 N–H and O–H groups in total. The number of hydrogen-bond acceptors (Lipinski definition) is 5. The van der Waals surface area contributed by atoms with Crippen molar-refractivity contribution in [2.75, 3.05) is 18.6 Å². The maximum absolute atomic E-state index is 7.44. The van der Waals surface area contributed by atoms with Gasteiger partial charge < -0.3 is 29.7 Å². The number of anilines is 1. The van der Waals surface area contributed by atoms with E-state index >= 15 is 0 Å². The maximum atomic E-state index is 7.44. The highest BCUT2D eigenvalue weighted by Crippen LogP contribution is 2.47. The summed E-state index contributed by atoms with van der Waals surface area (Å²) in [6.45, 7) is 21.2. The van der Waals surface area contributed by atoms with Gasteiger partial charge in [-0.15, -0.1) is 0 Å². The van der Waals surface area contributed by atoms with E-state index in [-0.39, 0.29) is 18.0 Å². The molecular weight excluding hydrogens is 1040 g/mol. The largest absolute Gasteiger partial charge is 0.488 e. The summed E-state index contributed by atoms with van der Waals surface area (Å²) < 4.78 is 15.1. The molecular formula is C77H79N6O2+. The molecule has 4 atom stereocenters. The highest BCUT2D eigenvalue weighted by Gasteiger charge is 2.36. The van der Waals surface area contributed by atoms with Crippen LogP contribution in [0.2, 0.25) is 0 Å². The van der Waals surface area contributed by atoms with Gasteiger partial charge in [-0.3, -0.25) is 0 Å². The number of allylic oxidation sites excluding steroid dienone is 20. The van der Waals surface area contributed by atoms with Gasteiger partial charge in [0.25, 0.3) is 12.2 Å². The Balaban J connectivity index is 0.00000197. The summed E-state index contributed by atoms with van der Waals surface area (Å²) in [6, 6.07) is 30.8. The van der Waals surface area contributed by atoms with E-state index in [2.05, 4.69) is 243 Å². The number of aryl methyl sites for hydroxylation is 1. The molecule has 4 heterocycles. The van der Waals surface area contributed by atoms with Crippen LogP contribution in [0.3, 0.4) is 0 Å². The number of amidine groups is 1. The predicted molar refractivity (Wildman–Crippen MR) is 364 cm³/mol. The van der Waals surface area contributed by atoms with Crippen molar-refractivity contribution >= 4 is 73.5 Å². The van der Waals surface area contributed by atoms with Crippen LogP contribution in [-0.4, -0.2) is 42.3 Å². The second kappa shape index (κ2) is 26.8. The molecule has 8 nitrogen and oxygen atoms in total. The number of fused-ring (bicyclic) bond motifs is 11. The molecule has 4 aliphatic carbocycles. The van der Waals surface area contributed by atoms with Crippen LogP contribution >= 0.6 is 0 Å². The van der Waals surface area contributed by atoms with Gasteiger partial charge in [0.2, 0.25) is 0 Å². The number of benzene rings is 4. The first-order chi connectivity index (χ1) is 41.7. The molecule has 0 saturated heterocycles. The van der Waals surface area contributed by atoms with Gasteiger partial charge >= 0.3 is 6.07 Å². The number of furan rings is 1. The molecule has 0 saturated carbocycles. The summed E-state index contributed by atoms with van der Waals surface area (Å²) in [5.74, 6) is 1.60. The molecule has 428 valence electrons. The minimum absolute atomic E-state index is 0.0247. The fourth-order valence-electron chi connectivity index (χ4n) is 11.8. The van der Waals surface area contributed by atoms with E-state index < -0.39 is 6.17 Å². The molecule has 2 bridgehead atoms. The molecule has 8 heteroatoms. The topological polar surface area (TPSA) is 85.3 Å². The SMILES string of the molecule is C=CC1=C(/C=C\C)C2=CCC(C(C)/C=C(\C=C(/N)c3ccc4oc5ccccc5c4c3)n3c4c(c5c6c(ccc53)N(C(C#[N+]C(C)C3=CCC=CC=C3)/N=C(\NC)c3ccc(C)cc3)C3C=CC=CC6=C3)C=CCC=C4)=CC=C2OC1.CC.CC. The third-order valence-corrected chi connectivity index (χ3v) is 16.1. The Morgan fingerprint density at radius 3 is 2.46 bits per heavy atom. The number of hydrogen-bond donors (Lipinski definition) is 2. The average molecular weight is 1120 g/mol. The van der Waals surface area contributed by atoms with Crippen LogP contribution in [0, 0.1) is 18.9 Å². The molecule has 4 unspecified atom stereocenters. The summed E-state index contributed by atoms with van der Waals surface area (Å²) in [6.07, 6.45) is 50.2. The Labute approximate surface area is 503 Å². The Morgan fingerprint density at radius 2 is 1.65 bits per heavy atom. The Kier molecular flexibility index (Phi) is 18.5. The highest BCUT2D eigenvalue weighted by molar-refractivity contribution is 6.10. The lowest BCUT2D eigenvalue weighted by Crippen LogP contribution is -2.43. The molecule has 0 fully saturated rings. The number of nitrogens with zero attached hydrogens (tertiary/aromatic N) is 4. The molecule has 0 spiro atoms. The lowest BCUT2D eigenvalue weighted by atomic mass is 9.90. The smallest absolute Gasteiger partial charge is 0.324 e. The van der Waals surface area contributed by atoms with E-state index in [4.69, 9.17) is 24.7 Å². The van der Waals surface area contributed by atoms with Crippen molar-refractivity contribution in [3.05, 3.63) is 279 Å². The Hall–Kier alpha value is -9.58. The lowest BCUT2D eigenvalue weighted by Gasteiger charge is -2.36. The van der Waals surface area contributed by atoms with Gasteiger partial charge in [-0.1, -0.05) is 215 Å². The van der Waals surface area contributed by atoms with Crippen LogP contribution in [0.4, 0.5) is 5.69 Å². The van der Waals surface area contributed by atoms with Gasteiger partial charge in [0.15, 0.2) is 0 Å². The van der Waals surface area contributed by atoms with E-state index in [1.807, 2.05) is 59.0 Å². The van der Waals surface area contributed by atoms with Crippen LogP contribution in [-0.2, 0) is 4.74 Å². The van der Waals surface area contributed by atoms with Crippen molar-refractivity contribution in [1.29, 1.82) is 0 Å². The van der Waals surface area contributed by atoms with Gasteiger partial charge in [0.05, 0.1) is 17.3 Å². The van der Waals surface area contributed by atoms with Crippen molar-refractivity contribution in [3.8, 4) is 6.07 Å². The van der Waals surface area contributed by atoms with Gasteiger partial charge in [-0.05, 0) is 116 Å². The van der Waals surface area contributed by atoms with Crippen molar-refractivity contribution < 1.29 is 9.15 Å². The van der Waals surface area contributed by atoms with Crippen LogP contribution in [0.5, 0.6) is 0 Å². The summed E-state index contributed by atoms with van der Waals surface area (Å²) in [7, 11) is 1.94. The summed E-state index contributed by atoms with van der Waals surface area (Å²) >= 11 is 0. The van der Waals surface area contributed by atoms with Crippen LogP contribution < -0.4 is 16.0 Å². The van der Waals surface area contributed by atoms with E-state index in [0.29, 0.717) is 12.3 Å². The summed E-state index contributed by atoms with van der Waals surface area (Å²) in [4.78, 5) is 13.2. The first-order valence-corrected chi connectivity index (χ1v) is 30.2. The van der Waals surface area contributed by atoms with Gasteiger partial charge in [0.1, 0.15) is 29.4 Å². The normalized spacial score (nSPS) is 18.2. The fourth-order valence-corrected chi connectivity index (χ4v) is 11.8. The summed E-state index contributed by atoms with van der Waals surface area (Å²) in [5.41, 5.74) is 26.0. The standard InChI is InChI=1S/C73H67N6O2.2C2H6/c1-7-20-58-50(8-2)46-80-67-39-34-51(33-36-60(58)67)48(4)41-57(44-63(74)54-35-40-69-62(43-54)59-25-18-19-28-68(59)81-69)78-64-27-15-11-14-26-61(64)72-66(78)38-37-65-71(72)55-23-16-17-24-56(42-55)79(65)70(45-76-49(5)52-21-12-9-10-13-22-52)77-73(75-6)53-31-29-47(3)30-32-53;2*1-2/h7-10,12,14-32,34-44,48-49,56,70H,2,11,13,33,46,74H2,1,3-6H3,(H,75,77);2*1-2H3/q+1;;/b20-7-,57-41+,63-44-;;. The minimum Gasteiger partial charge on any atom is -0.488 e. The van der Waals surface area contributed by atoms with Crippen molar-refractivity contribution in [1.82, 2.24) is 9.88 Å². The van der Waals surface area contributed by atoms with Crippen molar-refractivity contribution in [2.45, 2.75) is 92.9 Å². The molecule has 0 radical (unpaired) electrons. The van der Waals surface area contributed by atoms with Gasteiger partial charge in [0, 0.05) is 75.0 Å². The number of nitrogens with one attached hydrogen (secondary N) is 1. The monoisotopic (exact) mass is 1120 g/mol. The second-order valence-corrected chi connectivity index (χ2v) is 21.2. The third kappa shape index (κ3) is 12.0. The number of aromatic nitrogens is 1. The number of para-hydroxylation sites is 1. The molecule has 2 aromatic heterocycles. The van der Waals surface area contributed by atoms with Crippen LogP contribution in [0.1, 0.15) is 101 Å². The highest BCUT2D eigenvalue weighted by atomic mass is 16.5. The first-order valence-electron chi connectivity index (χ1n) is 30.2. The second-order valence-electron chi connectivity index (χ2n) is 21.2. The number of nitrogens with two attached hydrogens (primary N) is 1. The van der Waals surface area contributed by atoms with E-state index in [9.17, 15) is 0 Å². The molecule has 4 aromatic carbocycles. The molecule has 6 aromatic rings. The number of ether oxygens (including phenoxy) is 1. The predicted octanol–water partition coefficient (Wildman–Crippen LogP) is 18.9. The lowest BCUT2D eigenvalue weighted by molar-refractivity contribution is 0.244. The van der Waals surface area contributed by atoms with Gasteiger partial charge in [-0.2, -0.15) is 0 Å². The zero-order valence-electron chi connectivity index (χ0n) is 50.7. The number of rotatable bonds is 11. The first kappa shape index (κ1) is 58.6. The quantitative estimate of drug-likeness (QED) is 0.0767. The molecule has 2 aliphatic heterocycles.